The number of rotatable bonds is 5. The normalized spacial score (nSPS) is 23.2. The van der Waals surface area contributed by atoms with E-state index in [0.717, 1.165) is 57.1 Å². The van der Waals surface area contributed by atoms with Gasteiger partial charge in [0.15, 0.2) is 11.5 Å². The fraction of sp³-hybridized carbons (Fsp3) is 0.500. The van der Waals surface area contributed by atoms with Gasteiger partial charge < -0.3 is 9.47 Å². The molecule has 5 rings (SSSR count). The predicted octanol–water partition coefficient (Wildman–Crippen LogP) is 1.78. The van der Waals surface area contributed by atoms with Crippen LogP contribution in [0.2, 0.25) is 0 Å². The van der Waals surface area contributed by atoms with Gasteiger partial charge in [-0.15, -0.1) is 0 Å². The van der Waals surface area contributed by atoms with Crippen LogP contribution < -0.4 is 9.47 Å². The molecule has 0 spiro atoms. The number of sulfonamides is 1. The zero-order valence-electron chi connectivity index (χ0n) is 17.5. The van der Waals surface area contributed by atoms with Crippen LogP contribution in [0, 0.1) is 0 Å². The number of pyridine rings is 1. The fourth-order valence-electron chi connectivity index (χ4n) is 4.67. The number of fused-ring (bicyclic) bond motifs is 1. The van der Waals surface area contributed by atoms with Crippen molar-refractivity contribution in [3.05, 3.63) is 48.3 Å². The van der Waals surface area contributed by atoms with Crippen LogP contribution in [0.25, 0.3) is 0 Å². The van der Waals surface area contributed by atoms with Crippen LogP contribution in [0.15, 0.2) is 47.6 Å². The summed E-state index contributed by atoms with van der Waals surface area (Å²) >= 11 is 0. The van der Waals surface area contributed by atoms with Gasteiger partial charge in [-0.25, -0.2) is 8.42 Å². The second kappa shape index (κ2) is 8.74. The fourth-order valence-corrected chi connectivity index (χ4v) is 6.15. The predicted molar refractivity (Wildman–Crippen MR) is 115 cm³/mol. The maximum Gasteiger partial charge on any atom is 0.244 e. The number of benzene rings is 1. The first-order valence-electron chi connectivity index (χ1n) is 10.8. The molecule has 166 valence electrons. The van der Waals surface area contributed by atoms with Crippen LogP contribution in [-0.4, -0.2) is 79.6 Å². The van der Waals surface area contributed by atoms with Crippen molar-refractivity contribution in [2.45, 2.75) is 30.3 Å². The summed E-state index contributed by atoms with van der Waals surface area (Å²) in [6, 6.07) is 9.72. The van der Waals surface area contributed by atoms with Gasteiger partial charge >= 0.3 is 0 Å². The summed E-state index contributed by atoms with van der Waals surface area (Å²) in [5, 5.41) is 0. The number of piperazine rings is 1. The zero-order valence-corrected chi connectivity index (χ0v) is 18.3. The molecule has 0 saturated carbocycles. The Morgan fingerprint density at radius 1 is 1.03 bits per heavy atom. The Morgan fingerprint density at radius 2 is 1.87 bits per heavy atom. The highest BCUT2D eigenvalue weighted by Gasteiger charge is 2.34. The van der Waals surface area contributed by atoms with Crippen LogP contribution in [-0.2, 0) is 16.6 Å². The Hall–Kier alpha value is -2.20. The van der Waals surface area contributed by atoms with Gasteiger partial charge in [0.2, 0.25) is 16.8 Å². The van der Waals surface area contributed by atoms with Crippen LogP contribution >= 0.6 is 0 Å². The highest BCUT2D eigenvalue weighted by atomic mass is 32.2. The first-order chi connectivity index (χ1) is 15.1. The SMILES string of the molecule is O=S(=O)(c1cccnc1)N1CCC[C@@H](N2CCN(Cc3ccc4c(c3)OCO4)CC2)C1. The van der Waals surface area contributed by atoms with E-state index in [1.807, 2.05) is 6.07 Å². The molecule has 0 bridgehead atoms. The third-order valence-corrected chi connectivity index (χ3v) is 8.25. The molecule has 0 N–H and O–H groups in total. The lowest BCUT2D eigenvalue weighted by molar-refractivity contribution is 0.0675. The first kappa shape index (κ1) is 20.7. The summed E-state index contributed by atoms with van der Waals surface area (Å²) in [5.41, 5.74) is 1.23. The molecule has 2 fully saturated rings. The molecule has 1 atom stereocenters. The second-order valence-electron chi connectivity index (χ2n) is 8.35. The minimum absolute atomic E-state index is 0.271. The van der Waals surface area contributed by atoms with Crippen LogP contribution in [0.1, 0.15) is 18.4 Å². The van der Waals surface area contributed by atoms with E-state index in [9.17, 15) is 8.42 Å². The van der Waals surface area contributed by atoms with Crippen LogP contribution in [0.5, 0.6) is 11.5 Å². The van der Waals surface area contributed by atoms with E-state index in [0.29, 0.717) is 19.9 Å². The van der Waals surface area contributed by atoms with Crippen LogP contribution in [0.3, 0.4) is 0 Å². The smallest absolute Gasteiger partial charge is 0.244 e. The minimum Gasteiger partial charge on any atom is -0.454 e. The first-order valence-corrected chi connectivity index (χ1v) is 12.3. The molecule has 31 heavy (non-hydrogen) atoms. The molecule has 0 radical (unpaired) electrons. The lowest BCUT2D eigenvalue weighted by atomic mass is 10.0. The number of ether oxygens (including phenoxy) is 2. The highest BCUT2D eigenvalue weighted by molar-refractivity contribution is 7.89. The summed E-state index contributed by atoms with van der Waals surface area (Å²) < 4.78 is 38.5. The molecule has 0 unspecified atom stereocenters. The van der Waals surface area contributed by atoms with Crippen molar-refractivity contribution < 1.29 is 17.9 Å². The number of aromatic nitrogens is 1. The van der Waals surface area contributed by atoms with E-state index < -0.39 is 10.0 Å². The Morgan fingerprint density at radius 3 is 2.68 bits per heavy atom. The number of piperidine rings is 1. The summed E-state index contributed by atoms with van der Waals surface area (Å²) in [5.74, 6) is 1.64. The molecule has 4 heterocycles. The summed E-state index contributed by atoms with van der Waals surface area (Å²) in [4.78, 5) is 9.17. The van der Waals surface area contributed by atoms with E-state index >= 15 is 0 Å². The minimum atomic E-state index is -3.48. The van der Waals surface area contributed by atoms with Gasteiger partial charge in [0, 0.05) is 64.2 Å². The third kappa shape index (κ3) is 4.41. The quantitative estimate of drug-likeness (QED) is 0.696. The molecule has 3 aliphatic heterocycles. The van der Waals surface area contributed by atoms with E-state index in [1.165, 1.54) is 11.8 Å². The van der Waals surface area contributed by atoms with Crippen LogP contribution in [0.4, 0.5) is 0 Å². The molecule has 3 aliphatic rings. The molecular weight excluding hydrogens is 416 g/mol. The van der Waals surface area contributed by atoms with Gasteiger partial charge in [-0.05, 0) is 42.7 Å². The second-order valence-corrected chi connectivity index (χ2v) is 10.3. The maximum atomic E-state index is 13.0. The van der Waals surface area contributed by atoms with Crippen molar-refractivity contribution in [2.75, 3.05) is 46.1 Å². The highest BCUT2D eigenvalue weighted by Crippen LogP contribution is 2.33. The summed E-state index contributed by atoms with van der Waals surface area (Å²) in [7, 11) is -3.48. The Kier molecular flexibility index (Phi) is 5.83. The molecular formula is C22H28N4O4S. The van der Waals surface area contributed by atoms with Crippen molar-refractivity contribution >= 4 is 10.0 Å². The number of hydrogen-bond acceptors (Lipinski definition) is 7. The summed E-state index contributed by atoms with van der Waals surface area (Å²) in [6.07, 6.45) is 4.97. The van der Waals surface area contributed by atoms with Crippen molar-refractivity contribution in [3.63, 3.8) is 0 Å². The van der Waals surface area contributed by atoms with Gasteiger partial charge in [-0.2, -0.15) is 4.31 Å². The van der Waals surface area contributed by atoms with E-state index in [1.54, 1.807) is 22.6 Å². The monoisotopic (exact) mass is 444 g/mol. The molecule has 0 aliphatic carbocycles. The molecule has 0 amide bonds. The van der Waals surface area contributed by atoms with E-state index in [2.05, 4.69) is 26.9 Å². The standard InChI is InChI=1S/C22H28N4O4S/c27-31(28,20-4-1-7-23-14-20)26-8-2-3-19(16-26)25-11-9-24(10-12-25)15-18-5-6-21-22(13-18)30-17-29-21/h1,4-7,13-14,19H,2-3,8-12,15-17H2/t19-/m1/s1. The largest absolute Gasteiger partial charge is 0.454 e. The Balaban J connectivity index is 1.17. The lowest BCUT2D eigenvalue weighted by Gasteiger charge is -2.43. The Labute approximate surface area is 183 Å². The number of nitrogens with zero attached hydrogens (tertiary/aromatic N) is 4. The van der Waals surface area contributed by atoms with Gasteiger partial charge in [0.1, 0.15) is 4.90 Å². The average Bonchev–Trinajstić information content (AvgIpc) is 3.28. The Bertz CT molecular complexity index is 1010. The van der Waals surface area contributed by atoms with Gasteiger partial charge in [-0.3, -0.25) is 14.8 Å². The topological polar surface area (TPSA) is 75.2 Å². The van der Waals surface area contributed by atoms with Gasteiger partial charge in [0.25, 0.3) is 0 Å². The third-order valence-electron chi connectivity index (χ3n) is 6.40. The maximum absolute atomic E-state index is 13.0. The van der Waals surface area contributed by atoms with Crippen molar-refractivity contribution in [3.8, 4) is 11.5 Å². The van der Waals surface area contributed by atoms with Gasteiger partial charge in [-0.1, -0.05) is 6.07 Å². The molecule has 2 saturated heterocycles. The molecule has 1 aromatic carbocycles. The van der Waals surface area contributed by atoms with Crippen molar-refractivity contribution in [2.24, 2.45) is 0 Å². The van der Waals surface area contributed by atoms with Gasteiger partial charge in [0.05, 0.1) is 0 Å². The average molecular weight is 445 g/mol. The summed E-state index contributed by atoms with van der Waals surface area (Å²) in [6.45, 7) is 6.17. The lowest BCUT2D eigenvalue weighted by Crippen LogP contribution is -2.55. The zero-order chi connectivity index (χ0) is 21.3. The van der Waals surface area contributed by atoms with E-state index in [4.69, 9.17) is 9.47 Å². The molecule has 1 aromatic heterocycles. The van der Waals surface area contributed by atoms with Crippen molar-refractivity contribution in [1.82, 2.24) is 19.1 Å². The molecule has 2 aromatic rings. The van der Waals surface area contributed by atoms with E-state index in [-0.39, 0.29) is 10.9 Å². The molecule has 9 heteroatoms. The number of hydrogen-bond donors (Lipinski definition) is 0. The molecule has 8 nitrogen and oxygen atoms in total. The van der Waals surface area contributed by atoms with Crippen molar-refractivity contribution in [1.29, 1.82) is 0 Å².